The average molecular weight is 242 g/mol. The molecule has 1 aromatic rings. The summed E-state index contributed by atoms with van der Waals surface area (Å²) in [4.78, 5) is 10.4. The van der Waals surface area contributed by atoms with Crippen LogP contribution in [0.4, 0.5) is 8.78 Å². The van der Waals surface area contributed by atoms with E-state index in [2.05, 4.69) is 6.92 Å². The van der Waals surface area contributed by atoms with Crippen LogP contribution in [0.15, 0.2) is 12.1 Å². The van der Waals surface area contributed by atoms with Crippen LogP contribution in [-0.4, -0.2) is 12.9 Å². The first-order valence-electron chi connectivity index (χ1n) is 5.76. The highest BCUT2D eigenvalue weighted by molar-refractivity contribution is 5.75. The zero-order valence-electron chi connectivity index (χ0n) is 9.84. The van der Waals surface area contributed by atoms with Gasteiger partial charge in [0.1, 0.15) is 6.29 Å². The molecule has 0 unspecified atom stereocenters. The Hall–Kier alpha value is -1.45. The lowest BCUT2D eigenvalue weighted by Crippen LogP contribution is -2.02. The van der Waals surface area contributed by atoms with E-state index in [-0.39, 0.29) is 12.2 Å². The van der Waals surface area contributed by atoms with Crippen LogP contribution in [0.3, 0.4) is 0 Å². The van der Waals surface area contributed by atoms with Crippen LogP contribution in [0, 0.1) is 11.6 Å². The molecule has 0 saturated heterocycles. The van der Waals surface area contributed by atoms with Gasteiger partial charge in [-0.25, -0.2) is 8.78 Å². The molecule has 0 N–H and O–H groups in total. The number of halogens is 2. The van der Waals surface area contributed by atoms with Crippen molar-refractivity contribution in [1.82, 2.24) is 0 Å². The molecule has 0 atom stereocenters. The molecule has 1 aromatic carbocycles. The summed E-state index contributed by atoms with van der Waals surface area (Å²) < 4.78 is 31.7. The zero-order chi connectivity index (χ0) is 12.7. The van der Waals surface area contributed by atoms with Gasteiger partial charge >= 0.3 is 0 Å². The molecule has 0 radical (unpaired) electrons. The minimum Gasteiger partial charge on any atom is -0.488 e. The topological polar surface area (TPSA) is 26.3 Å². The lowest BCUT2D eigenvalue weighted by molar-refractivity contribution is 0.112. The fraction of sp³-hybridized carbons (Fsp3) is 0.462. The maximum atomic E-state index is 13.3. The molecule has 0 aromatic heterocycles. The molecular weight excluding hydrogens is 226 g/mol. The molecule has 0 amide bonds. The van der Waals surface area contributed by atoms with Crippen molar-refractivity contribution in [3.05, 3.63) is 29.3 Å². The minimum absolute atomic E-state index is 0.0293. The Kier molecular flexibility index (Phi) is 5.60. The molecule has 0 aliphatic heterocycles. The van der Waals surface area contributed by atoms with Crippen LogP contribution in [0.5, 0.6) is 5.75 Å². The van der Waals surface area contributed by atoms with Crippen molar-refractivity contribution in [2.24, 2.45) is 0 Å². The summed E-state index contributed by atoms with van der Waals surface area (Å²) in [6.07, 6.45) is 4.32. The standard InChI is InChI=1S/C13H16F2O2/c1-2-3-4-5-6-17-13-11(14)7-10(9-16)8-12(13)15/h7-9H,2-6H2,1H3. The van der Waals surface area contributed by atoms with E-state index in [1.807, 2.05) is 0 Å². The second kappa shape index (κ2) is 6.99. The van der Waals surface area contributed by atoms with E-state index < -0.39 is 17.4 Å². The number of carbonyl (C=O) groups excluding carboxylic acids is 1. The van der Waals surface area contributed by atoms with Gasteiger partial charge in [-0.3, -0.25) is 4.79 Å². The molecular formula is C13H16F2O2. The van der Waals surface area contributed by atoms with Crippen molar-refractivity contribution < 1.29 is 18.3 Å². The molecule has 0 heterocycles. The number of benzene rings is 1. The molecule has 0 aliphatic carbocycles. The van der Waals surface area contributed by atoms with Crippen LogP contribution >= 0.6 is 0 Å². The highest BCUT2D eigenvalue weighted by Gasteiger charge is 2.12. The van der Waals surface area contributed by atoms with Crippen molar-refractivity contribution in [1.29, 1.82) is 0 Å². The van der Waals surface area contributed by atoms with Gasteiger partial charge < -0.3 is 4.74 Å². The Morgan fingerprint density at radius 1 is 1.18 bits per heavy atom. The highest BCUT2D eigenvalue weighted by atomic mass is 19.1. The molecule has 17 heavy (non-hydrogen) atoms. The molecule has 0 aliphatic rings. The minimum atomic E-state index is -0.831. The van der Waals surface area contributed by atoms with E-state index in [1.165, 1.54) is 0 Å². The zero-order valence-corrected chi connectivity index (χ0v) is 9.84. The van der Waals surface area contributed by atoms with Crippen LogP contribution in [-0.2, 0) is 0 Å². The summed E-state index contributed by atoms with van der Waals surface area (Å²) >= 11 is 0. The SMILES string of the molecule is CCCCCCOc1c(F)cc(C=O)cc1F. The third-order valence-electron chi connectivity index (χ3n) is 2.40. The molecule has 0 fully saturated rings. The highest BCUT2D eigenvalue weighted by Crippen LogP contribution is 2.23. The van der Waals surface area contributed by atoms with E-state index in [0.717, 1.165) is 37.8 Å². The molecule has 4 heteroatoms. The third kappa shape index (κ3) is 4.13. The van der Waals surface area contributed by atoms with E-state index >= 15 is 0 Å². The molecule has 0 spiro atoms. The quantitative estimate of drug-likeness (QED) is 0.538. The van der Waals surface area contributed by atoms with Gasteiger partial charge in [-0.2, -0.15) is 0 Å². The first-order chi connectivity index (χ1) is 8.19. The van der Waals surface area contributed by atoms with Crippen molar-refractivity contribution in [2.45, 2.75) is 32.6 Å². The Morgan fingerprint density at radius 2 is 1.82 bits per heavy atom. The normalized spacial score (nSPS) is 10.3. The lowest BCUT2D eigenvalue weighted by Gasteiger charge is -2.08. The molecule has 94 valence electrons. The second-order valence-electron chi connectivity index (χ2n) is 3.84. The Balaban J connectivity index is 2.56. The number of carbonyl (C=O) groups is 1. The summed E-state index contributed by atoms with van der Waals surface area (Å²) in [5.41, 5.74) is -0.0293. The number of hydrogen-bond acceptors (Lipinski definition) is 2. The maximum absolute atomic E-state index is 13.3. The van der Waals surface area contributed by atoms with Gasteiger partial charge in [0.25, 0.3) is 0 Å². The van der Waals surface area contributed by atoms with Crippen molar-refractivity contribution in [3.63, 3.8) is 0 Å². The number of aldehydes is 1. The summed E-state index contributed by atoms with van der Waals surface area (Å²) in [7, 11) is 0. The number of ether oxygens (including phenoxy) is 1. The summed E-state index contributed by atoms with van der Waals surface area (Å²) in [5, 5.41) is 0. The van der Waals surface area contributed by atoms with Crippen LogP contribution < -0.4 is 4.74 Å². The molecule has 1 rings (SSSR count). The Labute approximate surface area is 99.6 Å². The molecule has 2 nitrogen and oxygen atoms in total. The van der Waals surface area contributed by atoms with Crippen LogP contribution in [0.2, 0.25) is 0 Å². The fourth-order valence-electron chi connectivity index (χ4n) is 1.49. The fourth-order valence-corrected chi connectivity index (χ4v) is 1.49. The van der Waals surface area contributed by atoms with E-state index in [9.17, 15) is 13.6 Å². The smallest absolute Gasteiger partial charge is 0.190 e. The van der Waals surface area contributed by atoms with E-state index in [4.69, 9.17) is 4.74 Å². The van der Waals surface area contributed by atoms with E-state index in [0.29, 0.717) is 6.29 Å². The van der Waals surface area contributed by atoms with Gasteiger partial charge in [0.05, 0.1) is 6.61 Å². The van der Waals surface area contributed by atoms with Gasteiger partial charge in [0.2, 0.25) is 0 Å². The third-order valence-corrected chi connectivity index (χ3v) is 2.40. The second-order valence-corrected chi connectivity index (χ2v) is 3.84. The summed E-state index contributed by atoms with van der Waals surface area (Å²) in [6, 6.07) is 1.94. The maximum Gasteiger partial charge on any atom is 0.190 e. The average Bonchev–Trinajstić information content (AvgIpc) is 2.31. The molecule has 0 bridgehead atoms. The van der Waals surface area contributed by atoms with Gasteiger partial charge in [0.15, 0.2) is 17.4 Å². The van der Waals surface area contributed by atoms with Crippen molar-refractivity contribution in [2.75, 3.05) is 6.61 Å². The molecule has 0 saturated carbocycles. The first kappa shape index (κ1) is 13.6. The largest absolute Gasteiger partial charge is 0.488 e. The van der Waals surface area contributed by atoms with Crippen molar-refractivity contribution >= 4 is 6.29 Å². The number of hydrogen-bond donors (Lipinski definition) is 0. The number of unbranched alkanes of at least 4 members (excludes halogenated alkanes) is 3. The van der Waals surface area contributed by atoms with Crippen molar-refractivity contribution in [3.8, 4) is 5.75 Å². The summed E-state index contributed by atoms with van der Waals surface area (Å²) in [5.74, 6) is -2.06. The van der Waals surface area contributed by atoms with E-state index in [1.54, 1.807) is 0 Å². The van der Waals surface area contributed by atoms with Crippen LogP contribution in [0.25, 0.3) is 0 Å². The number of rotatable bonds is 7. The predicted molar refractivity (Wildman–Crippen MR) is 61.4 cm³/mol. The summed E-state index contributed by atoms with van der Waals surface area (Å²) in [6.45, 7) is 2.37. The first-order valence-corrected chi connectivity index (χ1v) is 5.76. The van der Waals surface area contributed by atoms with Gasteiger partial charge in [-0.1, -0.05) is 26.2 Å². The lowest BCUT2D eigenvalue weighted by atomic mass is 10.2. The Morgan fingerprint density at radius 3 is 2.35 bits per heavy atom. The van der Waals surface area contributed by atoms with Gasteiger partial charge in [0, 0.05) is 5.56 Å². The Bertz CT molecular complexity index is 355. The predicted octanol–water partition coefficient (Wildman–Crippen LogP) is 3.74. The van der Waals surface area contributed by atoms with Gasteiger partial charge in [-0.05, 0) is 18.6 Å². The monoisotopic (exact) mass is 242 g/mol. The van der Waals surface area contributed by atoms with Gasteiger partial charge in [-0.15, -0.1) is 0 Å². The van der Waals surface area contributed by atoms with Crippen LogP contribution in [0.1, 0.15) is 43.0 Å².